The van der Waals surface area contributed by atoms with E-state index in [1.165, 1.54) is 5.56 Å². The smallest absolute Gasteiger partial charge is 0.233 e. The van der Waals surface area contributed by atoms with Crippen molar-refractivity contribution in [1.29, 1.82) is 0 Å². The second-order valence-corrected chi connectivity index (χ2v) is 10.1. The van der Waals surface area contributed by atoms with Crippen molar-refractivity contribution in [1.82, 2.24) is 25.4 Å². The first-order valence-electron chi connectivity index (χ1n) is 9.93. The highest BCUT2D eigenvalue weighted by Gasteiger charge is 2.44. The van der Waals surface area contributed by atoms with Gasteiger partial charge in [-0.25, -0.2) is 12.7 Å². The van der Waals surface area contributed by atoms with Crippen molar-refractivity contribution >= 4 is 10.0 Å². The van der Waals surface area contributed by atoms with Crippen molar-refractivity contribution in [3.63, 3.8) is 0 Å². The summed E-state index contributed by atoms with van der Waals surface area (Å²) in [5, 5.41) is 7.99. The fraction of sp³-hybridized carbons (Fsp3) is 0.778. The van der Waals surface area contributed by atoms with Crippen LogP contribution in [0.5, 0.6) is 5.88 Å². The lowest BCUT2D eigenvalue weighted by molar-refractivity contribution is 0.179. The quantitative estimate of drug-likeness (QED) is 0.755. The average Bonchev–Trinajstić information content (AvgIpc) is 3.26. The Bertz CT molecular complexity index is 769. The van der Waals surface area contributed by atoms with Crippen LogP contribution in [0.1, 0.15) is 44.4 Å². The molecule has 9 heteroatoms. The molecule has 2 aliphatic heterocycles. The summed E-state index contributed by atoms with van der Waals surface area (Å²) in [4.78, 5) is 0. The average molecular weight is 396 g/mol. The van der Waals surface area contributed by atoms with Crippen LogP contribution in [0.4, 0.5) is 0 Å². The van der Waals surface area contributed by atoms with E-state index in [-0.39, 0.29) is 12.1 Å². The minimum absolute atomic E-state index is 0.0931. The van der Waals surface area contributed by atoms with Crippen LogP contribution in [0.15, 0.2) is 6.07 Å². The molecule has 3 heterocycles. The van der Waals surface area contributed by atoms with Crippen molar-refractivity contribution in [3.8, 4) is 5.88 Å². The third kappa shape index (κ3) is 3.83. The highest BCUT2D eigenvalue weighted by atomic mass is 32.2. The van der Waals surface area contributed by atoms with Gasteiger partial charge in [0.05, 0.1) is 12.3 Å². The first kappa shape index (κ1) is 19.0. The Balaban J connectivity index is 1.30. The van der Waals surface area contributed by atoms with E-state index in [0.717, 1.165) is 37.8 Å². The molecule has 0 radical (unpaired) electrons. The van der Waals surface area contributed by atoms with Gasteiger partial charge in [0, 0.05) is 31.2 Å². The Kier molecular flexibility index (Phi) is 5.37. The number of hydrogen-bond donors (Lipinski definition) is 2. The molecule has 2 saturated heterocycles. The Labute approximate surface area is 161 Å². The van der Waals surface area contributed by atoms with E-state index in [0.29, 0.717) is 31.5 Å². The molecule has 2 unspecified atom stereocenters. The summed E-state index contributed by atoms with van der Waals surface area (Å²) in [5.41, 5.74) is 8.43. The molecule has 0 aromatic carbocycles. The molecule has 150 valence electrons. The lowest BCUT2D eigenvalue weighted by atomic mass is 9.99. The molecule has 0 spiro atoms. The number of nitrogens with one attached hydrogen (secondary N) is 2. The maximum Gasteiger partial charge on any atom is 0.233 e. The SMILES string of the molecule is CC1NNC(C)C1S(=O)(=O)N1CCC(COc2cc3c(nn2)CCC3)CC1. The van der Waals surface area contributed by atoms with E-state index >= 15 is 0 Å². The fourth-order valence-electron chi connectivity index (χ4n) is 4.46. The van der Waals surface area contributed by atoms with E-state index < -0.39 is 15.3 Å². The number of ether oxygens (including phenoxy) is 1. The van der Waals surface area contributed by atoms with Crippen LogP contribution in [0, 0.1) is 5.92 Å². The van der Waals surface area contributed by atoms with Gasteiger partial charge in [-0.3, -0.25) is 10.9 Å². The predicted molar refractivity (Wildman–Crippen MR) is 102 cm³/mol. The van der Waals surface area contributed by atoms with Gasteiger partial charge in [0.2, 0.25) is 15.9 Å². The van der Waals surface area contributed by atoms with Crippen molar-refractivity contribution in [2.75, 3.05) is 19.7 Å². The topological polar surface area (TPSA) is 96.5 Å². The highest BCUT2D eigenvalue weighted by Crippen LogP contribution is 2.27. The molecular formula is C18H29N5O3S. The second-order valence-electron chi connectivity index (χ2n) is 8.04. The molecule has 1 aromatic heterocycles. The second kappa shape index (κ2) is 7.62. The van der Waals surface area contributed by atoms with E-state index in [2.05, 4.69) is 21.0 Å². The molecule has 1 aromatic rings. The van der Waals surface area contributed by atoms with Crippen molar-refractivity contribution in [2.45, 2.75) is 63.3 Å². The zero-order valence-corrected chi connectivity index (χ0v) is 16.8. The largest absolute Gasteiger partial charge is 0.476 e. The van der Waals surface area contributed by atoms with Crippen molar-refractivity contribution in [3.05, 3.63) is 17.3 Å². The maximum atomic E-state index is 13.0. The van der Waals surface area contributed by atoms with Gasteiger partial charge in [-0.05, 0) is 57.4 Å². The number of fused-ring (bicyclic) bond motifs is 1. The van der Waals surface area contributed by atoms with Crippen LogP contribution in [0.2, 0.25) is 0 Å². The van der Waals surface area contributed by atoms with Gasteiger partial charge in [-0.2, -0.15) is 5.10 Å². The fourth-order valence-corrected chi connectivity index (χ4v) is 6.69. The molecule has 0 amide bonds. The number of nitrogens with zero attached hydrogens (tertiary/aromatic N) is 3. The number of sulfonamides is 1. The van der Waals surface area contributed by atoms with Crippen LogP contribution < -0.4 is 15.6 Å². The molecule has 2 N–H and O–H groups in total. The number of aryl methyl sites for hydroxylation is 2. The number of aromatic nitrogens is 2. The molecule has 0 bridgehead atoms. The minimum atomic E-state index is -3.31. The third-order valence-electron chi connectivity index (χ3n) is 6.07. The first-order valence-corrected chi connectivity index (χ1v) is 11.4. The normalized spacial score (nSPS) is 29.8. The van der Waals surface area contributed by atoms with Gasteiger partial charge in [-0.15, -0.1) is 5.10 Å². The van der Waals surface area contributed by atoms with Crippen molar-refractivity contribution in [2.24, 2.45) is 5.92 Å². The molecule has 1 aliphatic carbocycles. The summed E-state index contributed by atoms with van der Waals surface area (Å²) in [6.07, 6.45) is 4.84. The summed E-state index contributed by atoms with van der Waals surface area (Å²) >= 11 is 0. The summed E-state index contributed by atoms with van der Waals surface area (Å²) in [6, 6.07) is 1.83. The lowest BCUT2D eigenvalue weighted by Gasteiger charge is -2.34. The Morgan fingerprint density at radius 3 is 2.56 bits per heavy atom. The van der Waals surface area contributed by atoms with Crippen molar-refractivity contribution < 1.29 is 13.2 Å². The number of hydrazine groups is 1. The monoisotopic (exact) mass is 395 g/mol. The Morgan fingerprint density at radius 2 is 1.85 bits per heavy atom. The molecule has 2 fully saturated rings. The molecule has 2 atom stereocenters. The molecule has 0 saturated carbocycles. The predicted octanol–water partition coefficient (Wildman–Crippen LogP) is 0.639. The van der Waals surface area contributed by atoms with Crippen LogP contribution >= 0.6 is 0 Å². The van der Waals surface area contributed by atoms with Gasteiger partial charge in [-0.1, -0.05) is 0 Å². The third-order valence-corrected chi connectivity index (χ3v) is 8.66. The molecule has 3 aliphatic rings. The van der Waals surface area contributed by atoms with E-state index in [1.54, 1.807) is 4.31 Å². The summed E-state index contributed by atoms with van der Waals surface area (Å²) in [6.45, 7) is 5.51. The number of hydrogen-bond acceptors (Lipinski definition) is 7. The van der Waals surface area contributed by atoms with Gasteiger partial charge >= 0.3 is 0 Å². The van der Waals surface area contributed by atoms with E-state index in [9.17, 15) is 8.42 Å². The Morgan fingerprint density at radius 1 is 1.15 bits per heavy atom. The Hall–Kier alpha value is -1.29. The minimum Gasteiger partial charge on any atom is -0.476 e. The summed E-state index contributed by atoms with van der Waals surface area (Å²) in [7, 11) is -3.31. The molecule has 27 heavy (non-hydrogen) atoms. The molecule has 8 nitrogen and oxygen atoms in total. The van der Waals surface area contributed by atoms with Crippen LogP contribution in [-0.2, 0) is 22.9 Å². The van der Waals surface area contributed by atoms with E-state index in [4.69, 9.17) is 4.74 Å². The van der Waals surface area contributed by atoms with Gasteiger partial charge in [0.25, 0.3) is 0 Å². The zero-order valence-electron chi connectivity index (χ0n) is 16.0. The van der Waals surface area contributed by atoms with Gasteiger partial charge in [0.1, 0.15) is 5.25 Å². The van der Waals surface area contributed by atoms with Crippen LogP contribution in [0.3, 0.4) is 0 Å². The standard InChI is InChI=1S/C18H29N5O3S/c1-12-18(13(2)20-19-12)27(24,25)23-8-6-14(7-9-23)11-26-17-10-15-4-3-5-16(15)21-22-17/h10,12-14,18-20H,3-9,11H2,1-2H3. The summed E-state index contributed by atoms with van der Waals surface area (Å²) < 4.78 is 33.5. The van der Waals surface area contributed by atoms with Crippen LogP contribution in [0.25, 0.3) is 0 Å². The molecule has 4 rings (SSSR count). The zero-order chi connectivity index (χ0) is 19.0. The van der Waals surface area contributed by atoms with Gasteiger partial charge < -0.3 is 4.74 Å². The molecular weight excluding hydrogens is 366 g/mol. The lowest BCUT2D eigenvalue weighted by Crippen LogP contribution is -2.49. The maximum absolute atomic E-state index is 13.0. The first-order chi connectivity index (χ1) is 12.9. The summed E-state index contributed by atoms with van der Waals surface area (Å²) in [5.74, 6) is 0.942. The van der Waals surface area contributed by atoms with E-state index in [1.807, 2.05) is 19.9 Å². The highest BCUT2D eigenvalue weighted by molar-refractivity contribution is 7.89. The van der Waals surface area contributed by atoms with Crippen LogP contribution in [-0.4, -0.2) is 60.0 Å². The van der Waals surface area contributed by atoms with Gasteiger partial charge in [0.15, 0.2) is 0 Å². The number of piperidine rings is 1. The number of rotatable bonds is 5.